The maximum Gasteiger partial charge on any atom is 0.416 e. The zero-order valence-electron chi connectivity index (χ0n) is 9.38. The Kier molecular flexibility index (Phi) is 4.66. The summed E-state index contributed by atoms with van der Waals surface area (Å²) in [6.07, 6.45) is -4.13. The van der Waals surface area contributed by atoms with Crippen LogP contribution in [0.3, 0.4) is 0 Å². The summed E-state index contributed by atoms with van der Waals surface area (Å²) in [7, 11) is -3.60. The van der Waals surface area contributed by atoms with E-state index in [1.165, 1.54) is 6.07 Å². The molecule has 1 aromatic rings. The zero-order valence-corrected chi connectivity index (χ0v) is 11.8. The molecule has 0 saturated carbocycles. The Morgan fingerprint density at radius 1 is 1.28 bits per heavy atom. The molecule has 18 heavy (non-hydrogen) atoms. The Morgan fingerprint density at radius 2 is 1.89 bits per heavy atom. The van der Waals surface area contributed by atoms with Crippen molar-refractivity contribution in [3.05, 3.63) is 28.2 Å². The maximum atomic E-state index is 12.5. The summed E-state index contributed by atoms with van der Waals surface area (Å²) < 4.78 is 62.8. The van der Waals surface area contributed by atoms with Gasteiger partial charge in [-0.15, -0.1) is 0 Å². The summed E-state index contributed by atoms with van der Waals surface area (Å²) in [4.78, 5) is 0. The van der Waals surface area contributed by atoms with Crippen LogP contribution in [-0.2, 0) is 16.2 Å². The van der Waals surface area contributed by atoms with Crippen LogP contribution >= 0.6 is 15.9 Å². The fourth-order valence-electron chi connectivity index (χ4n) is 1.31. The highest BCUT2D eigenvalue weighted by Gasteiger charge is 2.31. The van der Waals surface area contributed by atoms with Gasteiger partial charge in [0.1, 0.15) is 0 Å². The summed E-state index contributed by atoms with van der Waals surface area (Å²) in [5.74, 6) is -0.138. The summed E-state index contributed by atoms with van der Waals surface area (Å²) in [5.41, 5.74) is -1.02. The first-order chi connectivity index (χ1) is 8.14. The number of halogens is 4. The van der Waals surface area contributed by atoms with Gasteiger partial charge in [-0.2, -0.15) is 13.2 Å². The van der Waals surface area contributed by atoms with Crippen molar-refractivity contribution in [1.82, 2.24) is 0 Å². The first kappa shape index (κ1) is 15.3. The molecule has 0 unspecified atom stereocenters. The highest BCUT2D eigenvalue weighted by Crippen LogP contribution is 2.33. The Morgan fingerprint density at radius 3 is 2.39 bits per heavy atom. The molecule has 0 fully saturated rings. The molecule has 0 aromatic heterocycles. The van der Waals surface area contributed by atoms with Crippen LogP contribution < -0.4 is 4.72 Å². The minimum atomic E-state index is -4.52. The SMILES string of the molecule is CCCS(=O)(=O)Nc1cc(Br)cc(C(F)(F)F)c1. The lowest BCUT2D eigenvalue weighted by molar-refractivity contribution is -0.137. The molecule has 0 spiro atoms. The van der Waals surface area contributed by atoms with Crippen LogP contribution in [0.2, 0.25) is 0 Å². The molecular formula is C10H11BrF3NO2S. The highest BCUT2D eigenvalue weighted by molar-refractivity contribution is 9.10. The number of rotatable bonds is 4. The molecule has 8 heteroatoms. The first-order valence-corrected chi connectivity index (χ1v) is 7.47. The molecule has 3 nitrogen and oxygen atoms in total. The Labute approximate surface area is 112 Å². The third-order valence-electron chi connectivity index (χ3n) is 1.97. The van der Waals surface area contributed by atoms with Crippen LogP contribution in [-0.4, -0.2) is 14.2 Å². The molecule has 0 aliphatic carbocycles. The molecule has 1 N–H and O–H groups in total. The van der Waals surface area contributed by atoms with Crippen LogP contribution in [0.25, 0.3) is 0 Å². The van der Waals surface area contributed by atoms with Crippen LogP contribution in [0.1, 0.15) is 18.9 Å². The molecule has 0 aliphatic rings. The Balaban J connectivity index is 3.08. The molecule has 1 aromatic carbocycles. The van der Waals surface area contributed by atoms with Gasteiger partial charge in [0.25, 0.3) is 0 Å². The van der Waals surface area contributed by atoms with Gasteiger partial charge in [0.2, 0.25) is 10.0 Å². The first-order valence-electron chi connectivity index (χ1n) is 5.02. The quantitative estimate of drug-likeness (QED) is 0.905. The van der Waals surface area contributed by atoms with Crippen LogP contribution in [0, 0.1) is 0 Å². The van der Waals surface area contributed by atoms with Crippen molar-refractivity contribution in [3.63, 3.8) is 0 Å². The number of alkyl halides is 3. The summed E-state index contributed by atoms with van der Waals surface area (Å²) in [6.45, 7) is 1.67. The monoisotopic (exact) mass is 345 g/mol. The zero-order chi connectivity index (χ0) is 14.0. The van der Waals surface area contributed by atoms with E-state index in [0.29, 0.717) is 6.42 Å². The number of anilines is 1. The predicted octanol–water partition coefficient (Wildman–Crippen LogP) is 3.62. The average Bonchev–Trinajstić information content (AvgIpc) is 2.13. The molecule has 0 aliphatic heterocycles. The molecule has 0 atom stereocenters. The van der Waals surface area contributed by atoms with Crippen molar-refractivity contribution in [2.45, 2.75) is 19.5 Å². The summed E-state index contributed by atoms with van der Waals surface area (Å²) in [6, 6.07) is 2.93. The smallest absolute Gasteiger partial charge is 0.284 e. The average molecular weight is 346 g/mol. The molecular weight excluding hydrogens is 335 g/mol. The van der Waals surface area contributed by atoms with Gasteiger partial charge >= 0.3 is 6.18 Å². The number of hydrogen-bond acceptors (Lipinski definition) is 2. The van der Waals surface area contributed by atoms with Crippen LogP contribution in [0.5, 0.6) is 0 Å². The van der Waals surface area contributed by atoms with Gasteiger partial charge in [0, 0.05) is 4.47 Å². The minimum absolute atomic E-state index is 0.106. The largest absolute Gasteiger partial charge is 0.416 e. The van der Waals surface area contributed by atoms with E-state index in [0.717, 1.165) is 12.1 Å². The predicted molar refractivity (Wildman–Crippen MR) is 66.8 cm³/mol. The van der Waals surface area contributed by atoms with Crippen molar-refractivity contribution < 1.29 is 21.6 Å². The van der Waals surface area contributed by atoms with Gasteiger partial charge in [0.15, 0.2) is 0 Å². The number of hydrogen-bond donors (Lipinski definition) is 1. The Hall–Kier alpha value is -0.760. The molecule has 0 amide bonds. The lowest BCUT2D eigenvalue weighted by Gasteiger charge is -2.11. The van der Waals surface area contributed by atoms with E-state index < -0.39 is 21.8 Å². The van der Waals surface area contributed by atoms with Gasteiger partial charge in [-0.05, 0) is 24.6 Å². The van der Waals surface area contributed by atoms with Crippen molar-refractivity contribution >= 4 is 31.6 Å². The Bertz CT molecular complexity index is 528. The highest BCUT2D eigenvalue weighted by atomic mass is 79.9. The second-order valence-corrected chi connectivity index (χ2v) is 6.40. The molecule has 102 valence electrons. The van der Waals surface area contributed by atoms with Crippen molar-refractivity contribution in [3.8, 4) is 0 Å². The van der Waals surface area contributed by atoms with Crippen LogP contribution in [0.4, 0.5) is 18.9 Å². The van der Waals surface area contributed by atoms with Gasteiger partial charge in [0.05, 0.1) is 17.0 Å². The van der Waals surface area contributed by atoms with Crippen LogP contribution in [0.15, 0.2) is 22.7 Å². The van der Waals surface area contributed by atoms with Gasteiger partial charge < -0.3 is 0 Å². The topological polar surface area (TPSA) is 46.2 Å². The summed E-state index contributed by atoms with van der Waals surface area (Å²) >= 11 is 2.92. The molecule has 1 rings (SSSR count). The fraction of sp³-hybridized carbons (Fsp3) is 0.400. The normalized spacial score (nSPS) is 12.5. The van der Waals surface area contributed by atoms with E-state index in [4.69, 9.17) is 0 Å². The summed E-state index contributed by atoms with van der Waals surface area (Å²) in [5, 5.41) is 0. The molecule has 0 radical (unpaired) electrons. The van der Waals surface area contributed by atoms with Crippen molar-refractivity contribution in [2.75, 3.05) is 10.5 Å². The van der Waals surface area contributed by atoms with E-state index in [9.17, 15) is 21.6 Å². The van der Waals surface area contributed by atoms with Crippen molar-refractivity contribution in [2.24, 2.45) is 0 Å². The van der Waals surface area contributed by atoms with E-state index in [1.807, 2.05) is 0 Å². The minimum Gasteiger partial charge on any atom is -0.284 e. The maximum absolute atomic E-state index is 12.5. The van der Waals surface area contributed by atoms with E-state index in [2.05, 4.69) is 20.7 Å². The van der Waals surface area contributed by atoms with Gasteiger partial charge in [-0.25, -0.2) is 8.42 Å². The molecule has 0 bridgehead atoms. The number of benzene rings is 1. The van der Waals surface area contributed by atoms with E-state index >= 15 is 0 Å². The third-order valence-corrected chi connectivity index (χ3v) is 3.92. The van der Waals surface area contributed by atoms with Crippen molar-refractivity contribution in [1.29, 1.82) is 0 Å². The number of nitrogens with one attached hydrogen (secondary N) is 1. The van der Waals surface area contributed by atoms with E-state index in [1.54, 1.807) is 6.92 Å². The lowest BCUT2D eigenvalue weighted by Crippen LogP contribution is -2.16. The standard InChI is InChI=1S/C10H11BrF3NO2S/c1-2-3-18(16,17)15-9-5-7(10(12,13)14)4-8(11)6-9/h4-6,15H,2-3H2,1H3. The molecule has 0 heterocycles. The second-order valence-electron chi connectivity index (χ2n) is 3.65. The van der Waals surface area contributed by atoms with E-state index in [-0.39, 0.29) is 15.9 Å². The van der Waals surface area contributed by atoms with Gasteiger partial charge in [-0.1, -0.05) is 22.9 Å². The lowest BCUT2D eigenvalue weighted by atomic mass is 10.2. The number of sulfonamides is 1. The third kappa shape index (κ3) is 4.49. The second kappa shape index (κ2) is 5.48. The molecule has 0 saturated heterocycles. The van der Waals surface area contributed by atoms with Gasteiger partial charge in [-0.3, -0.25) is 4.72 Å². The fourth-order valence-corrected chi connectivity index (χ4v) is 2.92.